The molecule has 3 rings (SSSR count). The average molecular weight is 536 g/mol. The summed E-state index contributed by atoms with van der Waals surface area (Å²) in [4.78, 5) is 47.1. The van der Waals surface area contributed by atoms with Gasteiger partial charge in [0.1, 0.15) is 5.60 Å². The van der Waals surface area contributed by atoms with E-state index in [4.69, 9.17) is 4.74 Å². The molecule has 0 radical (unpaired) electrons. The fourth-order valence-corrected chi connectivity index (χ4v) is 4.26. The van der Waals surface area contributed by atoms with E-state index in [0.29, 0.717) is 5.56 Å². The quantitative estimate of drug-likeness (QED) is 0.581. The van der Waals surface area contributed by atoms with Crippen LogP contribution in [0.25, 0.3) is 0 Å². The normalized spacial score (nSPS) is 18.8. The lowest BCUT2D eigenvalue weighted by molar-refractivity contribution is -0.148. The Morgan fingerprint density at radius 3 is 2.46 bits per heavy atom. The Balaban J connectivity index is 1.76. The molecule has 37 heavy (non-hydrogen) atoms. The van der Waals surface area contributed by atoms with Gasteiger partial charge in [0.25, 0.3) is 5.92 Å². The third-order valence-corrected chi connectivity index (χ3v) is 5.94. The van der Waals surface area contributed by atoms with Crippen LogP contribution in [0.2, 0.25) is 0 Å². The number of fused-ring (bicyclic) bond motifs is 1. The van der Waals surface area contributed by atoms with E-state index in [0.717, 1.165) is 4.90 Å². The van der Waals surface area contributed by atoms with E-state index in [1.807, 2.05) is 0 Å². The number of carbonyl (C=O) groups is 3. The molecule has 1 N–H and O–H groups in total. The van der Waals surface area contributed by atoms with Gasteiger partial charge in [-0.25, -0.2) is 23.5 Å². The maximum Gasteiger partial charge on any atom is 0.451 e. The van der Waals surface area contributed by atoms with Crippen LogP contribution in [0.15, 0.2) is 0 Å². The van der Waals surface area contributed by atoms with Gasteiger partial charge in [0, 0.05) is 38.0 Å². The number of rotatable bonds is 5. The number of amides is 3. The van der Waals surface area contributed by atoms with Gasteiger partial charge in [0.05, 0.1) is 24.8 Å². The number of piperidine rings is 1. The van der Waals surface area contributed by atoms with Crippen molar-refractivity contribution in [3.8, 4) is 0 Å². The minimum atomic E-state index is -4.75. The van der Waals surface area contributed by atoms with Crippen LogP contribution >= 0.6 is 0 Å². The maximum absolute atomic E-state index is 13.9. The number of alkyl carbamates (subject to hydrolysis) is 1. The molecular weight excluding hydrogens is 505 g/mol. The average Bonchev–Trinajstić information content (AvgIpc) is 2.73. The molecule has 2 aliphatic rings. The Kier molecular flexibility index (Phi) is 7.99. The standard InChI is InChI=1S/C23H30F5N5O4/c1-13-15-6-8-32(11-16(15)31-19(29-13)23(26,27)28)18(35)9-14(30-20(36)37-21(2,3)4)10-33-12-22(24,25)7-5-17(33)34/h14H,5-12H2,1-4H3,(H,30,36)/t14-/m0/s1. The van der Waals surface area contributed by atoms with Gasteiger partial charge in [0.15, 0.2) is 0 Å². The number of ether oxygens (including phenoxy) is 1. The molecule has 0 saturated carbocycles. The number of alkyl halides is 5. The van der Waals surface area contributed by atoms with Crippen molar-refractivity contribution in [2.24, 2.45) is 0 Å². The lowest BCUT2D eigenvalue weighted by Crippen LogP contribution is -2.53. The van der Waals surface area contributed by atoms with Crippen molar-refractivity contribution in [3.05, 3.63) is 22.8 Å². The number of hydrogen-bond acceptors (Lipinski definition) is 6. The van der Waals surface area contributed by atoms with Crippen LogP contribution in [0.3, 0.4) is 0 Å². The number of likely N-dealkylation sites (tertiary alicyclic amines) is 1. The van der Waals surface area contributed by atoms with E-state index in [-0.39, 0.29) is 50.3 Å². The first-order chi connectivity index (χ1) is 16.9. The first-order valence-corrected chi connectivity index (χ1v) is 11.8. The van der Waals surface area contributed by atoms with E-state index in [9.17, 15) is 36.3 Å². The fraction of sp³-hybridized carbons (Fsp3) is 0.696. The van der Waals surface area contributed by atoms with Crippen molar-refractivity contribution < 1.29 is 41.1 Å². The Morgan fingerprint density at radius 2 is 1.84 bits per heavy atom. The fourth-order valence-electron chi connectivity index (χ4n) is 4.26. The summed E-state index contributed by atoms with van der Waals surface area (Å²) in [7, 11) is 0. The molecule has 0 unspecified atom stereocenters. The maximum atomic E-state index is 13.9. The van der Waals surface area contributed by atoms with Crippen LogP contribution < -0.4 is 5.32 Å². The summed E-state index contributed by atoms with van der Waals surface area (Å²) in [6, 6.07) is -1.07. The van der Waals surface area contributed by atoms with Crippen LogP contribution in [-0.2, 0) is 33.5 Å². The predicted molar refractivity (Wildman–Crippen MR) is 119 cm³/mol. The molecule has 206 valence electrons. The molecule has 9 nitrogen and oxygen atoms in total. The monoisotopic (exact) mass is 535 g/mol. The number of nitrogens with zero attached hydrogens (tertiary/aromatic N) is 4. The summed E-state index contributed by atoms with van der Waals surface area (Å²) in [5, 5.41) is 2.47. The summed E-state index contributed by atoms with van der Waals surface area (Å²) < 4.78 is 72.6. The molecule has 1 atom stereocenters. The predicted octanol–water partition coefficient (Wildman–Crippen LogP) is 3.23. The highest BCUT2D eigenvalue weighted by Crippen LogP contribution is 2.30. The molecule has 2 aliphatic heterocycles. The van der Waals surface area contributed by atoms with Crippen LogP contribution in [0, 0.1) is 6.92 Å². The van der Waals surface area contributed by atoms with Gasteiger partial charge in [-0.3, -0.25) is 9.59 Å². The Hall–Kier alpha value is -3.06. The molecule has 1 aromatic heterocycles. The number of aromatic nitrogens is 2. The zero-order chi connectivity index (χ0) is 27.8. The number of aryl methyl sites for hydroxylation is 1. The largest absolute Gasteiger partial charge is 0.451 e. The van der Waals surface area contributed by atoms with Gasteiger partial charge in [0.2, 0.25) is 17.6 Å². The highest BCUT2D eigenvalue weighted by Gasteiger charge is 2.41. The first-order valence-electron chi connectivity index (χ1n) is 11.8. The molecule has 0 aromatic carbocycles. The lowest BCUT2D eigenvalue weighted by atomic mass is 10.0. The molecule has 3 heterocycles. The highest BCUT2D eigenvalue weighted by atomic mass is 19.4. The molecule has 14 heteroatoms. The molecule has 1 aromatic rings. The molecule has 1 saturated heterocycles. The van der Waals surface area contributed by atoms with E-state index in [1.165, 1.54) is 11.8 Å². The molecule has 0 bridgehead atoms. The van der Waals surface area contributed by atoms with E-state index in [1.54, 1.807) is 20.8 Å². The van der Waals surface area contributed by atoms with Gasteiger partial charge in [-0.2, -0.15) is 13.2 Å². The molecular formula is C23H30F5N5O4. The Morgan fingerprint density at radius 1 is 1.16 bits per heavy atom. The van der Waals surface area contributed by atoms with Crippen molar-refractivity contribution in [1.82, 2.24) is 25.1 Å². The summed E-state index contributed by atoms with van der Waals surface area (Å²) in [5.74, 6) is -5.48. The zero-order valence-corrected chi connectivity index (χ0v) is 21.0. The van der Waals surface area contributed by atoms with E-state index >= 15 is 0 Å². The van der Waals surface area contributed by atoms with Crippen molar-refractivity contribution in [2.45, 2.75) is 83.7 Å². The van der Waals surface area contributed by atoms with Gasteiger partial charge < -0.3 is 19.9 Å². The second kappa shape index (κ2) is 10.4. The summed E-state index contributed by atoms with van der Waals surface area (Å²) >= 11 is 0. The lowest BCUT2D eigenvalue weighted by Gasteiger charge is -2.36. The summed E-state index contributed by atoms with van der Waals surface area (Å²) in [6.07, 6.45) is -6.77. The minimum absolute atomic E-state index is 0.0712. The van der Waals surface area contributed by atoms with Crippen molar-refractivity contribution in [2.75, 3.05) is 19.6 Å². The third-order valence-electron chi connectivity index (χ3n) is 5.94. The van der Waals surface area contributed by atoms with Gasteiger partial charge in [-0.15, -0.1) is 0 Å². The van der Waals surface area contributed by atoms with Crippen molar-refractivity contribution >= 4 is 17.9 Å². The highest BCUT2D eigenvalue weighted by molar-refractivity contribution is 5.79. The zero-order valence-electron chi connectivity index (χ0n) is 21.0. The molecule has 3 amide bonds. The van der Waals surface area contributed by atoms with Gasteiger partial charge in [-0.05, 0) is 39.7 Å². The number of nitrogens with one attached hydrogen (secondary N) is 1. The minimum Gasteiger partial charge on any atom is -0.444 e. The Bertz CT molecular complexity index is 1060. The van der Waals surface area contributed by atoms with Crippen molar-refractivity contribution in [3.63, 3.8) is 0 Å². The third kappa shape index (κ3) is 7.71. The number of hydrogen-bond donors (Lipinski definition) is 1. The SMILES string of the molecule is Cc1nc(C(F)(F)F)nc2c1CCN(C(=O)C[C@@H](CN1CC(F)(F)CCC1=O)NC(=O)OC(C)(C)C)C2. The van der Waals surface area contributed by atoms with Crippen LogP contribution in [0.4, 0.5) is 26.7 Å². The molecule has 0 aliphatic carbocycles. The second-order valence-corrected chi connectivity index (χ2v) is 10.3. The second-order valence-electron chi connectivity index (χ2n) is 10.3. The van der Waals surface area contributed by atoms with Crippen LogP contribution in [-0.4, -0.2) is 74.9 Å². The molecule has 1 fully saturated rings. The van der Waals surface area contributed by atoms with E-state index < -0.39 is 60.4 Å². The van der Waals surface area contributed by atoms with Gasteiger partial charge >= 0.3 is 12.3 Å². The number of carbonyl (C=O) groups excluding carboxylic acids is 3. The van der Waals surface area contributed by atoms with Crippen LogP contribution in [0.5, 0.6) is 0 Å². The summed E-state index contributed by atoms with van der Waals surface area (Å²) in [5.41, 5.74) is -0.0984. The first kappa shape index (κ1) is 28.5. The smallest absolute Gasteiger partial charge is 0.444 e. The topological polar surface area (TPSA) is 105 Å². The molecule has 0 spiro atoms. The number of halogens is 5. The van der Waals surface area contributed by atoms with Crippen molar-refractivity contribution in [1.29, 1.82) is 0 Å². The van der Waals surface area contributed by atoms with E-state index in [2.05, 4.69) is 15.3 Å². The summed E-state index contributed by atoms with van der Waals surface area (Å²) in [6.45, 7) is 5.05. The van der Waals surface area contributed by atoms with Gasteiger partial charge in [-0.1, -0.05) is 0 Å². The Labute approximate surface area is 210 Å². The van der Waals surface area contributed by atoms with Crippen LogP contribution in [0.1, 0.15) is 62.8 Å².